The van der Waals surface area contributed by atoms with Gasteiger partial charge < -0.3 is 14.1 Å². The fraction of sp³-hybridized carbons (Fsp3) is 0.226. The Morgan fingerprint density at radius 2 is 0.972 bits per heavy atom. The summed E-state index contributed by atoms with van der Waals surface area (Å²) in [5, 5.41) is 2.75. The third kappa shape index (κ3) is 3.80. The van der Waals surface area contributed by atoms with Gasteiger partial charge in [-0.05, 0) is 69.5 Å². The topological polar surface area (TPSA) is 21.7 Å². The summed E-state index contributed by atoms with van der Waals surface area (Å²) in [6, 6.07) is 39.5. The Labute approximate surface area is 216 Å². The molecule has 0 aliphatic carbocycles. The van der Waals surface area contributed by atoms with E-state index in [1.165, 1.54) is 21.7 Å². The third-order valence-corrected chi connectivity index (χ3v) is 10.5. The van der Waals surface area contributed by atoms with E-state index in [1.807, 2.05) is 0 Å². The standard InChI is InChI=1S/C31H31BNO2P/c1-30(2)31(3,4)35-32(34-30)33-27-21-13-11-19-25(27)29(26-20-12-14-22-28(26)33)36(23-15-7-5-8-16-23)24-17-9-6-10-18-24/h5-22,29H,1-4H3. The van der Waals surface area contributed by atoms with Gasteiger partial charge in [0, 0.05) is 17.0 Å². The van der Waals surface area contributed by atoms with Crippen molar-refractivity contribution in [1.29, 1.82) is 0 Å². The summed E-state index contributed by atoms with van der Waals surface area (Å²) in [5.74, 6) is 0. The largest absolute Gasteiger partial charge is 0.598 e. The lowest BCUT2D eigenvalue weighted by Gasteiger charge is -2.41. The molecule has 0 saturated carbocycles. The number of hydrogen-bond acceptors (Lipinski definition) is 3. The minimum Gasteiger partial charge on any atom is -0.384 e. The van der Waals surface area contributed by atoms with Crippen LogP contribution < -0.4 is 15.4 Å². The van der Waals surface area contributed by atoms with Crippen LogP contribution in [0.2, 0.25) is 0 Å². The molecule has 0 atom stereocenters. The summed E-state index contributed by atoms with van der Waals surface area (Å²) in [5.41, 5.74) is 4.29. The minimum absolute atomic E-state index is 0.205. The minimum atomic E-state index is -0.720. The highest BCUT2D eigenvalue weighted by molar-refractivity contribution is 7.73. The molecule has 1 saturated heterocycles. The maximum absolute atomic E-state index is 6.59. The predicted molar refractivity (Wildman–Crippen MR) is 152 cm³/mol. The van der Waals surface area contributed by atoms with Crippen LogP contribution in [0.3, 0.4) is 0 Å². The monoisotopic (exact) mass is 491 g/mol. The van der Waals surface area contributed by atoms with Crippen molar-refractivity contribution in [3.05, 3.63) is 120 Å². The molecule has 0 aromatic heterocycles. The fourth-order valence-corrected chi connectivity index (χ4v) is 8.09. The van der Waals surface area contributed by atoms with Gasteiger partial charge in [-0.3, -0.25) is 0 Å². The lowest BCUT2D eigenvalue weighted by molar-refractivity contribution is 0.00578. The van der Waals surface area contributed by atoms with E-state index in [0.717, 1.165) is 11.4 Å². The van der Waals surface area contributed by atoms with Crippen LogP contribution in [-0.4, -0.2) is 18.5 Å². The first-order valence-corrected chi connectivity index (χ1v) is 14.0. The zero-order chi connectivity index (χ0) is 24.9. The maximum atomic E-state index is 6.59. The average Bonchev–Trinajstić information content (AvgIpc) is 3.11. The lowest BCUT2D eigenvalue weighted by atomic mass is 9.88. The predicted octanol–water partition coefficient (Wildman–Crippen LogP) is 6.95. The molecule has 6 rings (SSSR count). The van der Waals surface area contributed by atoms with Crippen LogP contribution in [-0.2, 0) is 9.31 Å². The molecule has 2 aliphatic heterocycles. The lowest BCUT2D eigenvalue weighted by Crippen LogP contribution is -2.42. The van der Waals surface area contributed by atoms with Crippen LogP contribution in [0.5, 0.6) is 0 Å². The summed E-state index contributed by atoms with van der Waals surface area (Å²) in [4.78, 5) is 2.27. The zero-order valence-electron chi connectivity index (χ0n) is 21.3. The van der Waals surface area contributed by atoms with E-state index in [2.05, 4.69) is 142 Å². The van der Waals surface area contributed by atoms with Gasteiger partial charge in [0.1, 0.15) is 0 Å². The SMILES string of the molecule is CC1(C)OB(N2c3ccccc3C(P(c3ccccc3)c3ccccc3)c3ccccc32)OC1(C)C. The second-order valence-corrected chi connectivity index (χ2v) is 12.8. The third-order valence-electron chi connectivity index (χ3n) is 7.76. The van der Waals surface area contributed by atoms with Crippen molar-refractivity contribution in [3.63, 3.8) is 0 Å². The fourth-order valence-electron chi connectivity index (χ4n) is 5.22. The summed E-state index contributed by atoms with van der Waals surface area (Å²) in [6.07, 6.45) is 0. The van der Waals surface area contributed by atoms with Crippen molar-refractivity contribution in [2.45, 2.75) is 44.6 Å². The van der Waals surface area contributed by atoms with Crippen LogP contribution in [0.4, 0.5) is 11.4 Å². The van der Waals surface area contributed by atoms with Gasteiger partial charge in [-0.15, -0.1) is 0 Å². The molecule has 4 aromatic carbocycles. The van der Waals surface area contributed by atoms with Crippen molar-refractivity contribution >= 4 is 37.2 Å². The van der Waals surface area contributed by atoms with Crippen molar-refractivity contribution in [2.75, 3.05) is 4.81 Å². The molecule has 2 aliphatic rings. The normalized spacial score (nSPS) is 18.2. The van der Waals surface area contributed by atoms with Crippen LogP contribution in [0.15, 0.2) is 109 Å². The maximum Gasteiger partial charge on any atom is 0.598 e. The van der Waals surface area contributed by atoms with E-state index >= 15 is 0 Å². The second-order valence-electron chi connectivity index (χ2n) is 10.5. The molecule has 0 radical (unpaired) electrons. The van der Waals surface area contributed by atoms with Gasteiger partial charge in [0.05, 0.1) is 11.2 Å². The van der Waals surface area contributed by atoms with E-state index < -0.39 is 26.4 Å². The first kappa shape index (κ1) is 23.5. The molecule has 0 amide bonds. The highest BCUT2D eigenvalue weighted by atomic mass is 31.1. The first-order valence-electron chi connectivity index (χ1n) is 12.6. The van der Waals surface area contributed by atoms with Gasteiger partial charge in [-0.1, -0.05) is 97.1 Å². The Hall–Kier alpha value is -2.91. The smallest absolute Gasteiger partial charge is 0.384 e. The number of nitrogens with zero attached hydrogens (tertiary/aromatic N) is 1. The number of fused-ring (bicyclic) bond motifs is 2. The highest BCUT2D eigenvalue weighted by Crippen LogP contribution is 2.60. The van der Waals surface area contributed by atoms with E-state index in [1.54, 1.807) is 0 Å². The van der Waals surface area contributed by atoms with Gasteiger partial charge in [0.25, 0.3) is 0 Å². The number of para-hydroxylation sites is 2. The molecular weight excluding hydrogens is 460 g/mol. The molecule has 4 aromatic rings. The number of benzene rings is 4. The average molecular weight is 491 g/mol. The Morgan fingerprint density at radius 1 is 0.583 bits per heavy atom. The molecule has 5 heteroatoms. The first-order chi connectivity index (χ1) is 17.4. The molecule has 0 bridgehead atoms. The van der Waals surface area contributed by atoms with E-state index in [9.17, 15) is 0 Å². The van der Waals surface area contributed by atoms with Crippen LogP contribution >= 0.6 is 7.92 Å². The van der Waals surface area contributed by atoms with E-state index in [0.29, 0.717) is 0 Å². The van der Waals surface area contributed by atoms with Crippen LogP contribution in [0.1, 0.15) is 44.5 Å². The van der Waals surface area contributed by atoms with E-state index in [-0.39, 0.29) is 5.66 Å². The highest BCUT2D eigenvalue weighted by Gasteiger charge is 2.56. The molecule has 0 N–H and O–H groups in total. The van der Waals surface area contributed by atoms with E-state index in [4.69, 9.17) is 9.31 Å². The molecule has 0 spiro atoms. The molecule has 3 nitrogen and oxygen atoms in total. The molecule has 36 heavy (non-hydrogen) atoms. The number of hydrogen-bond donors (Lipinski definition) is 0. The zero-order valence-corrected chi connectivity index (χ0v) is 22.2. The number of anilines is 2. The summed E-state index contributed by atoms with van der Waals surface area (Å²) in [7, 11) is -1.22. The molecule has 1 fully saturated rings. The van der Waals surface area contributed by atoms with Gasteiger partial charge in [-0.2, -0.15) is 0 Å². The Balaban J connectivity index is 1.56. The number of rotatable bonds is 4. The molecule has 0 unspecified atom stereocenters. The van der Waals surface area contributed by atoms with Crippen LogP contribution in [0, 0.1) is 0 Å². The quantitative estimate of drug-likeness (QED) is 0.228. The Bertz CT molecular complexity index is 1270. The summed E-state index contributed by atoms with van der Waals surface area (Å²) >= 11 is 0. The van der Waals surface area contributed by atoms with Crippen molar-refractivity contribution in [3.8, 4) is 0 Å². The van der Waals surface area contributed by atoms with Gasteiger partial charge in [-0.25, -0.2) is 0 Å². The molecule has 180 valence electrons. The Morgan fingerprint density at radius 3 is 1.42 bits per heavy atom. The van der Waals surface area contributed by atoms with Gasteiger partial charge in [0.15, 0.2) is 0 Å². The molecule has 2 heterocycles. The van der Waals surface area contributed by atoms with Crippen molar-refractivity contribution < 1.29 is 9.31 Å². The molecular formula is C31H31BNO2P. The van der Waals surface area contributed by atoms with Crippen LogP contribution in [0.25, 0.3) is 0 Å². The second kappa shape index (κ2) is 8.89. The Kier molecular flexibility index (Phi) is 5.80. The van der Waals surface area contributed by atoms with Crippen molar-refractivity contribution in [1.82, 2.24) is 0 Å². The van der Waals surface area contributed by atoms with Gasteiger partial charge >= 0.3 is 7.25 Å². The summed E-state index contributed by atoms with van der Waals surface area (Å²) < 4.78 is 13.2. The van der Waals surface area contributed by atoms with Crippen molar-refractivity contribution in [2.24, 2.45) is 0 Å². The van der Waals surface area contributed by atoms with Gasteiger partial charge in [0.2, 0.25) is 0 Å². The summed E-state index contributed by atoms with van der Waals surface area (Å²) in [6.45, 7) is 8.45.